The first kappa shape index (κ1) is 17.8. The number of hydrogen-bond donors (Lipinski definition) is 0. The van der Waals surface area contributed by atoms with Gasteiger partial charge in [0.2, 0.25) is 5.72 Å². The van der Waals surface area contributed by atoms with Crippen LogP contribution < -0.4 is 9.64 Å². The molecule has 4 aromatic carbocycles. The molecule has 0 aliphatic carbocycles. The second-order valence-corrected chi connectivity index (χ2v) is 9.31. The predicted molar refractivity (Wildman–Crippen MR) is 131 cm³/mol. The Morgan fingerprint density at radius 2 is 1.59 bits per heavy atom. The van der Waals surface area contributed by atoms with Crippen molar-refractivity contribution < 1.29 is 9.15 Å². The lowest BCUT2D eigenvalue weighted by molar-refractivity contribution is 0.0827. The maximum Gasteiger partial charge on any atom is 0.228 e. The molecule has 0 saturated heterocycles. The summed E-state index contributed by atoms with van der Waals surface area (Å²) in [5, 5.41) is 4.53. The van der Waals surface area contributed by atoms with Gasteiger partial charge in [-0.3, -0.25) is 4.99 Å². The summed E-state index contributed by atoms with van der Waals surface area (Å²) in [7, 11) is 2.11. The van der Waals surface area contributed by atoms with E-state index in [1.54, 1.807) is 0 Å². The summed E-state index contributed by atoms with van der Waals surface area (Å²) in [5.74, 6) is 0.781. The molecule has 2 aliphatic rings. The molecule has 1 atom stereocenters. The molecular weight excluding hydrogens is 396 g/mol. The molecule has 1 spiro atoms. The third-order valence-electron chi connectivity index (χ3n) is 7.42. The van der Waals surface area contributed by atoms with Crippen LogP contribution in [0.2, 0.25) is 0 Å². The number of fused-ring (bicyclic) bond motifs is 8. The Balaban J connectivity index is 1.47. The number of ether oxygens (including phenoxy) is 1. The lowest BCUT2D eigenvalue weighted by Gasteiger charge is -2.44. The van der Waals surface area contributed by atoms with Crippen LogP contribution in [0.3, 0.4) is 0 Å². The highest BCUT2D eigenvalue weighted by atomic mass is 16.5. The number of benzene rings is 4. The highest BCUT2D eigenvalue weighted by molar-refractivity contribution is 6.13. The lowest BCUT2D eigenvalue weighted by atomic mass is 9.77. The number of anilines is 1. The topological polar surface area (TPSA) is 38.0 Å². The summed E-state index contributed by atoms with van der Waals surface area (Å²) in [6, 6.07) is 25.0. The second kappa shape index (κ2) is 5.71. The van der Waals surface area contributed by atoms with Crippen LogP contribution >= 0.6 is 0 Å². The van der Waals surface area contributed by atoms with Gasteiger partial charge in [-0.2, -0.15) is 0 Å². The molecule has 1 aromatic heterocycles. The quantitative estimate of drug-likeness (QED) is 0.273. The minimum Gasteiger partial charge on any atom is -0.459 e. The Labute approximate surface area is 185 Å². The van der Waals surface area contributed by atoms with Gasteiger partial charge in [-0.1, -0.05) is 54.6 Å². The van der Waals surface area contributed by atoms with Gasteiger partial charge < -0.3 is 14.1 Å². The van der Waals surface area contributed by atoms with Gasteiger partial charge in [-0.15, -0.1) is 0 Å². The van der Waals surface area contributed by atoms with Crippen LogP contribution in [0.1, 0.15) is 19.4 Å². The van der Waals surface area contributed by atoms with E-state index in [0.717, 1.165) is 33.4 Å². The van der Waals surface area contributed by atoms with Gasteiger partial charge in [0.1, 0.15) is 22.6 Å². The van der Waals surface area contributed by atoms with Gasteiger partial charge in [-0.05, 0) is 43.0 Å². The Bertz CT molecular complexity index is 1610. The molecular formula is C28H22N2O2. The molecule has 0 N–H and O–H groups in total. The SMILES string of the molecule is CN1c2c(ccc3ccccc23)C(C)(C)C12C=Nc1c(ccc3oc4ccccc4c13)O2. The molecule has 5 aromatic rings. The van der Waals surface area contributed by atoms with E-state index >= 15 is 0 Å². The molecule has 0 saturated carbocycles. The smallest absolute Gasteiger partial charge is 0.228 e. The van der Waals surface area contributed by atoms with E-state index in [-0.39, 0.29) is 5.41 Å². The molecule has 32 heavy (non-hydrogen) atoms. The van der Waals surface area contributed by atoms with E-state index in [1.165, 1.54) is 22.0 Å². The molecule has 0 radical (unpaired) electrons. The largest absolute Gasteiger partial charge is 0.459 e. The molecule has 4 nitrogen and oxygen atoms in total. The fraction of sp³-hybridized carbons (Fsp3) is 0.179. The van der Waals surface area contributed by atoms with Crippen LogP contribution in [0, 0.1) is 0 Å². The van der Waals surface area contributed by atoms with Gasteiger partial charge in [0.25, 0.3) is 0 Å². The molecule has 2 aliphatic heterocycles. The molecule has 1 unspecified atom stereocenters. The molecule has 0 fully saturated rings. The third-order valence-corrected chi connectivity index (χ3v) is 7.42. The van der Waals surface area contributed by atoms with Crippen molar-refractivity contribution in [1.29, 1.82) is 0 Å². The molecule has 7 rings (SSSR count). The first-order chi connectivity index (χ1) is 15.5. The normalized spacial score (nSPS) is 20.8. The van der Waals surface area contributed by atoms with Crippen molar-refractivity contribution in [2.45, 2.75) is 25.0 Å². The van der Waals surface area contributed by atoms with E-state index < -0.39 is 5.72 Å². The van der Waals surface area contributed by atoms with Gasteiger partial charge in [0.05, 0.1) is 22.7 Å². The van der Waals surface area contributed by atoms with E-state index in [2.05, 4.69) is 68.3 Å². The monoisotopic (exact) mass is 418 g/mol. The highest BCUT2D eigenvalue weighted by Gasteiger charge is 2.59. The minimum atomic E-state index is -0.723. The van der Waals surface area contributed by atoms with Crippen molar-refractivity contribution in [3.05, 3.63) is 78.4 Å². The van der Waals surface area contributed by atoms with Crippen molar-refractivity contribution in [1.82, 2.24) is 0 Å². The molecule has 4 heteroatoms. The van der Waals surface area contributed by atoms with Crippen molar-refractivity contribution in [2.75, 3.05) is 11.9 Å². The van der Waals surface area contributed by atoms with Crippen molar-refractivity contribution in [2.24, 2.45) is 4.99 Å². The maximum absolute atomic E-state index is 6.90. The summed E-state index contributed by atoms with van der Waals surface area (Å²) in [5.41, 5.74) is 3.97. The van der Waals surface area contributed by atoms with E-state index in [1.807, 2.05) is 36.5 Å². The molecule has 156 valence electrons. The van der Waals surface area contributed by atoms with Gasteiger partial charge in [-0.25, -0.2) is 0 Å². The number of para-hydroxylation sites is 1. The Morgan fingerprint density at radius 1 is 0.812 bits per heavy atom. The van der Waals surface area contributed by atoms with E-state index in [0.29, 0.717) is 0 Å². The molecule has 3 heterocycles. The fourth-order valence-corrected chi connectivity index (χ4v) is 5.68. The Morgan fingerprint density at radius 3 is 2.47 bits per heavy atom. The van der Waals surface area contributed by atoms with Gasteiger partial charge in [0.15, 0.2) is 0 Å². The summed E-state index contributed by atoms with van der Waals surface area (Å²) in [6.45, 7) is 4.49. The lowest BCUT2D eigenvalue weighted by Crippen LogP contribution is -2.61. The number of hydrogen-bond acceptors (Lipinski definition) is 4. The zero-order chi connectivity index (χ0) is 21.7. The first-order valence-corrected chi connectivity index (χ1v) is 11.0. The average molecular weight is 418 g/mol. The van der Waals surface area contributed by atoms with Gasteiger partial charge in [0, 0.05) is 17.8 Å². The average Bonchev–Trinajstić information content (AvgIpc) is 3.27. The number of rotatable bonds is 0. The van der Waals surface area contributed by atoms with Crippen LogP contribution in [0.15, 0.2) is 82.2 Å². The Kier molecular flexibility index (Phi) is 3.19. The van der Waals surface area contributed by atoms with Crippen LogP contribution in [0.5, 0.6) is 5.75 Å². The van der Waals surface area contributed by atoms with Crippen molar-refractivity contribution in [3.8, 4) is 5.75 Å². The van der Waals surface area contributed by atoms with Crippen LogP contribution in [0.25, 0.3) is 32.7 Å². The summed E-state index contributed by atoms with van der Waals surface area (Å²) in [4.78, 5) is 7.29. The molecule has 0 amide bonds. The number of nitrogens with zero attached hydrogens (tertiary/aromatic N) is 2. The Hall–Kier alpha value is -3.79. The predicted octanol–water partition coefficient (Wildman–Crippen LogP) is 6.96. The maximum atomic E-state index is 6.90. The van der Waals surface area contributed by atoms with Crippen molar-refractivity contribution >= 4 is 50.3 Å². The first-order valence-electron chi connectivity index (χ1n) is 11.0. The second-order valence-electron chi connectivity index (χ2n) is 9.31. The summed E-state index contributed by atoms with van der Waals surface area (Å²) in [6.07, 6.45) is 1.99. The third kappa shape index (κ3) is 1.96. The van der Waals surface area contributed by atoms with E-state index in [4.69, 9.17) is 14.1 Å². The van der Waals surface area contributed by atoms with Crippen LogP contribution in [-0.2, 0) is 5.41 Å². The summed E-state index contributed by atoms with van der Waals surface area (Å²) < 4.78 is 13.0. The fourth-order valence-electron chi connectivity index (χ4n) is 5.68. The molecule has 0 bridgehead atoms. The number of furan rings is 1. The number of aliphatic imine (C=N–C) groups is 1. The zero-order valence-corrected chi connectivity index (χ0v) is 18.2. The number of likely N-dealkylation sites (N-methyl/N-ethyl adjacent to an activating group) is 1. The van der Waals surface area contributed by atoms with E-state index in [9.17, 15) is 0 Å². The van der Waals surface area contributed by atoms with Gasteiger partial charge >= 0.3 is 0 Å². The van der Waals surface area contributed by atoms with Crippen molar-refractivity contribution in [3.63, 3.8) is 0 Å². The zero-order valence-electron chi connectivity index (χ0n) is 18.2. The minimum absolute atomic E-state index is 0.310. The van der Waals surface area contributed by atoms with Crippen LogP contribution in [0.4, 0.5) is 11.4 Å². The highest BCUT2D eigenvalue weighted by Crippen LogP contribution is 2.56. The standard InChI is InChI=1S/C28H22N2O2/c1-27(2)20-13-12-17-8-4-5-9-18(17)26(20)30(3)28(27)16-29-25-23(32-28)15-14-22-24(25)19-10-6-7-11-21(19)31-22/h4-16H,1-3H3. The van der Waals surface area contributed by atoms with Crippen LogP contribution in [-0.4, -0.2) is 19.0 Å². The summed E-state index contributed by atoms with van der Waals surface area (Å²) >= 11 is 0.